The highest BCUT2D eigenvalue weighted by atomic mass is 35.5. The molecule has 1 N–H and O–H groups in total. The van der Waals surface area contributed by atoms with Crippen LogP contribution in [0, 0.1) is 12.8 Å². The Kier molecular flexibility index (Phi) is 4.03. The third-order valence-electron chi connectivity index (χ3n) is 1.92. The Balaban J connectivity index is 2.50. The fourth-order valence-electron chi connectivity index (χ4n) is 1.01. The van der Waals surface area contributed by atoms with Gasteiger partial charge in [0.1, 0.15) is 0 Å². The zero-order valence-corrected chi connectivity index (χ0v) is 8.80. The van der Waals surface area contributed by atoms with Gasteiger partial charge in [-0.05, 0) is 24.5 Å². The van der Waals surface area contributed by atoms with Gasteiger partial charge >= 0.3 is 0 Å². The number of pyridine rings is 1. The standard InChI is InChI=1S/C10H15ClN2/c1-8(5-11)6-13-10-3-4-12-7-9(10)2/h3-4,7-8H,5-6H2,1-2H3,(H,12,13). The van der Waals surface area contributed by atoms with Crippen molar-refractivity contribution in [3.05, 3.63) is 24.0 Å². The van der Waals surface area contributed by atoms with E-state index in [0.29, 0.717) is 11.8 Å². The topological polar surface area (TPSA) is 24.9 Å². The molecule has 0 saturated heterocycles. The van der Waals surface area contributed by atoms with Crippen molar-refractivity contribution in [3.63, 3.8) is 0 Å². The first-order chi connectivity index (χ1) is 6.24. The van der Waals surface area contributed by atoms with Crippen LogP contribution in [-0.4, -0.2) is 17.4 Å². The van der Waals surface area contributed by atoms with Crippen LogP contribution in [0.15, 0.2) is 18.5 Å². The first-order valence-corrected chi connectivity index (χ1v) is 4.98. The van der Waals surface area contributed by atoms with Crippen LogP contribution in [0.5, 0.6) is 0 Å². The molecule has 1 aromatic heterocycles. The quantitative estimate of drug-likeness (QED) is 0.753. The predicted molar refractivity (Wildman–Crippen MR) is 57.3 cm³/mol. The highest BCUT2D eigenvalue weighted by molar-refractivity contribution is 6.18. The maximum atomic E-state index is 5.71. The van der Waals surface area contributed by atoms with Gasteiger partial charge in [-0.2, -0.15) is 0 Å². The van der Waals surface area contributed by atoms with E-state index in [2.05, 4.69) is 17.2 Å². The second-order valence-corrected chi connectivity index (χ2v) is 3.64. The van der Waals surface area contributed by atoms with Crippen molar-refractivity contribution in [2.24, 2.45) is 5.92 Å². The van der Waals surface area contributed by atoms with E-state index in [1.165, 1.54) is 5.56 Å². The molecule has 0 radical (unpaired) electrons. The van der Waals surface area contributed by atoms with E-state index >= 15 is 0 Å². The van der Waals surface area contributed by atoms with Crippen molar-refractivity contribution < 1.29 is 0 Å². The Morgan fingerprint density at radius 1 is 1.62 bits per heavy atom. The van der Waals surface area contributed by atoms with Gasteiger partial charge in [0, 0.05) is 30.5 Å². The van der Waals surface area contributed by atoms with Crippen molar-refractivity contribution in [3.8, 4) is 0 Å². The van der Waals surface area contributed by atoms with Gasteiger partial charge in [-0.1, -0.05) is 6.92 Å². The summed E-state index contributed by atoms with van der Waals surface area (Å²) in [6.07, 6.45) is 3.65. The lowest BCUT2D eigenvalue weighted by Gasteiger charge is -2.11. The normalized spacial score (nSPS) is 12.5. The Labute approximate surface area is 84.3 Å². The number of aryl methyl sites for hydroxylation is 1. The molecule has 0 amide bonds. The molecule has 1 aromatic rings. The molecular weight excluding hydrogens is 184 g/mol. The number of anilines is 1. The smallest absolute Gasteiger partial charge is 0.0400 e. The largest absolute Gasteiger partial charge is 0.384 e. The summed E-state index contributed by atoms with van der Waals surface area (Å²) in [5, 5.41) is 3.34. The number of nitrogens with zero attached hydrogens (tertiary/aromatic N) is 1. The van der Waals surface area contributed by atoms with Gasteiger partial charge in [0.05, 0.1) is 0 Å². The lowest BCUT2D eigenvalue weighted by Crippen LogP contribution is -2.12. The van der Waals surface area contributed by atoms with Crippen LogP contribution in [0.2, 0.25) is 0 Å². The van der Waals surface area contributed by atoms with Gasteiger partial charge in [0.25, 0.3) is 0 Å². The van der Waals surface area contributed by atoms with E-state index in [1.54, 1.807) is 6.20 Å². The minimum absolute atomic E-state index is 0.495. The van der Waals surface area contributed by atoms with Gasteiger partial charge in [0.15, 0.2) is 0 Å². The van der Waals surface area contributed by atoms with E-state index in [0.717, 1.165) is 12.2 Å². The Hall–Kier alpha value is -0.760. The number of rotatable bonds is 4. The molecule has 0 aliphatic rings. The zero-order chi connectivity index (χ0) is 9.68. The lowest BCUT2D eigenvalue weighted by molar-refractivity contribution is 0.696. The molecule has 1 rings (SSSR count). The average Bonchev–Trinajstić information content (AvgIpc) is 2.16. The lowest BCUT2D eigenvalue weighted by atomic mass is 10.2. The number of halogens is 1. The van der Waals surface area contributed by atoms with E-state index in [4.69, 9.17) is 11.6 Å². The number of nitrogens with one attached hydrogen (secondary N) is 1. The summed E-state index contributed by atoms with van der Waals surface area (Å²) in [6, 6.07) is 1.98. The van der Waals surface area contributed by atoms with Crippen LogP contribution in [0.3, 0.4) is 0 Å². The summed E-state index contributed by atoms with van der Waals surface area (Å²) in [4.78, 5) is 4.03. The molecule has 0 spiro atoms. The monoisotopic (exact) mass is 198 g/mol. The van der Waals surface area contributed by atoms with Crippen LogP contribution in [0.1, 0.15) is 12.5 Å². The van der Waals surface area contributed by atoms with E-state index in [9.17, 15) is 0 Å². The van der Waals surface area contributed by atoms with Gasteiger partial charge in [-0.15, -0.1) is 11.6 Å². The van der Waals surface area contributed by atoms with Crippen LogP contribution in [0.4, 0.5) is 5.69 Å². The van der Waals surface area contributed by atoms with Crippen molar-refractivity contribution in [2.75, 3.05) is 17.7 Å². The second-order valence-electron chi connectivity index (χ2n) is 3.33. The first kappa shape index (κ1) is 10.3. The van der Waals surface area contributed by atoms with Crippen LogP contribution in [-0.2, 0) is 0 Å². The van der Waals surface area contributed by atoms with Crippen molar-refractivity contribution in [2.45, 2.75) is 13.8 Å². The summed E-state index contributed by atoms with van der Waals surface area (Å²) < 4.78 is 0. The van der Waals surface area contributed by atoms with Gasteiger partial charge < -0.3 is 5.32 Å². The molecule has 1 unspecified atom stereocenters. The number of hydrogen-bond acceptors (Lipinski definition) is 2. The molecular formula is C10H15ClN2. The number of hydrogen-bond donors (Lipinski definition) is 1. The fourth-order valence-corrected chi connectivity index (χ4v) is 1.12. The molecule has 0 bridgehead atoms. The van der Waals surface area contributed by atoms with Gasteiger partial charge in [-0.3, -0.25) is 4.98 Å². The van der Waals surface area contributed by atoms with Gasteiger partial charge in [-0.25, -0.2) is 0 Å². The van der Waals surface area contributed by atoms with Gasteiger partial charge in [0.2, 0.25) is 0 Å². The third-order valence-corrected chi connectivity index (χ3v) is 2.45. The number of aromatic nitrogens is 1. The minimum atomic E-state index is 0.495. The molecule has 0 fully saturated rings. The average molecular weight is 199 g/mol. The molecule has 0 saturated carbocycles. The van der Waals surface area contributed by atoms with Crippen molar-refractivity contribution in [1.82, 2.24) is 4.98 Å². The fraction of sp³-hybridized carbons (Fsp3) is 0.500. The van der Waals surface area contributed by atoms with Crippen LogP contribution < -0.4 is 5.32 Å². The van der Waals surface area contributed by atoms with E-state index in [1.807, 2.05) is 19.2 Å². The maximum absolute atomic E-state index is 5.71. The molecule has 1 atom stereocenters. The Morgan fingerprint density at radius 3 is 3.00 bits per heavy atom. The molecule has 0 aliphatic carbocycles. The number of alkyl halides is 1. The summed E-state index contributed by atoms with van der Waals surface area (Å²) in [5.74, 6) is 1.19. The molecule has 2 nitrogen and oxygen atoms in total. The molecule has 3 heteroatoms. The highest BCUT2D eigenvalue weighted by Crippen LogP contribution is 2.12. The third kappa shape index (κ3) is 3.23. The molecule has 72 valence electrons. The highest BCUT2D eigenvalue weighted by Gasteiger charge is 2.00. The molecule has 0 aromatic carbocycles. The van der Waals surface area contributed by atoms with Crippen molar-refractivity contribution >= 4 is 17.3 Å². The Bertz CT molecular complexity index is 263. The maximum Gasteiger partial charge on any atom is 0.0400 e. The van der Waals surface area contributed by atoms with Crippen LogP contribution in [0.25, 0.3) is 0 Å². The molecule has 1 heterocycles. The molecule has 0 aliphatic heterocycles. The summed E-state index contributed by atoms with van der Waals surface area (Å²) in [6.45, 7) is 5.07. The second kappa shape index (κ2) is 5.07. The minimum Gasteiger partial charge on any atom is -0.384 e. The van der Waals surface area contributed by atoms with Crippen molar-refractivity contribution in [1.29, 1.82) is 0 Å². The Morgan fingerprint density at radius 2 is 2.38 bits per heavy atom. The van der Waals surface area contributed by atoms with Crippen LogP contribution >= 0.6 is 11.6 Å². The van der Waals surface area contributed by atoms with E-state index < -0.39 is 0 Å². The zero-order valence-electron chi connectivity index (χ0n) is 8.05. The SMILES string of the molecule is Cc1cnccc1NCC(C)CCl. The predicted octanol–water partition coefficient (Wildman–Crippen LogP) is 2.68. The van der Waals surface area contributed by atoms with E-state index in [-0.39, 0.29) is 0 Å². The summed E-state index contributed by atoms with van der Waals surface area (Å²) >= 11 is 5.71. The summed E-state index contributed by atoms with van der Waals surface area (Å²) in [5.41, 5.74) is 2.32. The first-order valence-electron chi connectivity index (χ1n) is 4.44. The molecule has 13 heavy (non-hydrogen) atoms. The summed E-state index contributed by atoms with van der Waals surface area (Å²) in [7, 11) is 0.